The van der Waals surface area contributed by atoms with Crippen molar-refractivity contribution in [2.24, 2.45) is 5.92 Å². The Morgan fingerprint density at radius 3 is 2.22 bits per heavy atom. The Morgan fingerprint density at radius 2 is 1.67 bits per heavy atom. The number of hydrogen-bond donors (Lipinski definition) is 1. The van der Waals surface area contributed by atoms with Crippen LogP contribution in [-0.2, 0) is 0 Å². The Balaban J connectivity index is 2.85. The van der Waals surface area contributed by atoms with Crippen molar-refractivity contribution in [3.05, 3.63) is 17.1 Å². The van der Waals surface area contributed by atoms with Gasteiger partial charge in [-0.3, -0.25) is 0 Å². The van der Waals surface area contributed by atoms with Crippen LogP contribution in [0.25, 0.3) is 11.0 Å². The number of anilines is 1. The van der Waals surface area contributed by atoms with Crippen LogP contribution in [0.5, 0.6) is 0 Å². The lowest BCUT2D eigenvalue weighted by Gasteiger charge is -2.20. The minimum absolute atomic E-state index is 0.398. The zero-order chi connectivity index (χ0) is 13.6. The maximum Gasteiger partial charge on any atom is 0.146 e. The van der Waals surface area contributed by atoms with Crippen LogP contribution in [0.2, 0.25) is 0 Å². The normalized spacial score (nSPS) is 13.5. The van der Waals surface area contributed by atoms with Crippen LogP contribution in [0.4, 0.5) is 5.82 Å². The molecule has 0 amide bonds. The molecule has 1 unspecified atom stereocenters. The van der Waals surface area contributed by atoms with E-state index in [1.807, 2.05) is 6.92 Å². The number of hydrogen-bond acceptors (Lipinski definition) is 3. The van der Waals surface area contributed by atoms with Crippen LogP contribution in [0.3, 0.4) is 0 Å². The summed E-state index contributed by atoms with van der Waals surface area (Å²) in [4.78, 5) is 8.87. The Bertz CT molecular complexity index is 596. The number of nitrogen functional groups attached to an aromatic ring is 1. The van der Waals surface area contributed by atoms with E-state index in [9.17, 15) is 0 Å². The molecule has 2 aromatic rings. The molecule has 0 fully saturated rings. The Morgan fingerprint density at radius 1 is 1.06 bits per heavy atom. The molecule has 0 radical (unpaired) electrons. The van der Waals surface area contributed by atoms with E-state index >= 15 is 0 Å². The molecule has 0 spiro atoms. The summed E-state index contributed by atoms with van der Waals surface area (Å²) in [6.07, 6.45) is 0. The van der Waals surface area contributed by atoms with Crippen molar-refractivity contribution in [3.63, 3.8) is 0 Å². The maximum atomic E-state index is 6.05. The fourth-order valence-corrected chi connectivity index (χ4v) is 2.43. The van der Waals surface area contributed by atoms with Crippen molar-refractivity contribution in [2.45, 2.75) is 47.6 Å². The van der Waals surface area contributed by atoms with Gasteiger partial charge in [0, 0.05) is 11.7 Å². The molecule has 0 saturated heterocycles. The molecule has 2 aromatic heterocycles. The average Bonchev–Trinajstić information content (AvgIpc) is 2.50. The van der Waals surface area contributed by atoms with E-state index in [1.165, 1.54) is 11.3 Å². The second kappa shape index (κ2) is 4.26. The maximum absolute atomic E-state index is 6.05. The third-order valence-corrected chi connectivity index (χ3v) is 3.91. The molecular weight excluding hydrogens is 224 g/mol. The smallest absolute Gasteiger partial charge is 0.146 e. The van der Waals surface area contributed by atoms with Gasteiger partial charge in [-0.2, -0.15) is 0 Å². The van der Waals surface area contributed by atoms with Gasteiger partial charge in [-0.1, -0.05) is 13.8 Å². The molecule has 4 nitrogen and oxygen atoms in total. The molecule has 18 heavy (non-hydrogen) atoms. The lowest BCUT2D eigenvalue weighted by molar-refractivity contribution is 0.410. The van der Waals surface area contributed by atoms with E-state index in [0.29, 0.717) is 17.8 Å². The first-order valence-electron chi connectivity index (χ1n) is 6.45. The second-order valence-electron chi connectivity index (χ2n) is 5.42. The fraction of sp³-hybridized carbons (Fsp3) is 0.571. The fourth-order valence-electron chi connectivity index (χ4n) is 2.43. The summed E-state index contributed by atoms with van der Waals surface area (Å²) in [5, 5.41) is 1.01. The van der Waals surface area contributed by atoms with Gasteiger partial charge in [-0.15, -0.1) is 0 Å². The highest BCUT2D eigenvalue weighted by Gasteiger charge is 2.21. The molecule has 0 bridgehead atoms. The second-order valence-corrected chi connectivity index (χ2v) is 5.42. The first-order chi connectivity index (χ1) is 8.34. The number of aromatic nitrogens is 3. The molecule has 0 aromatic carbocycles. The van der Waals surface area contributed by atoms with Gasteiger partial charge in [0.2, 0.25) is 0 Å². The van der Waals surface area contributed by atoms with Crippen molar-refractivity contribution in [1.82, 2.24) is 14.5 Å². The van der Waals surface area contributed by atoms with E-state index in [-0.39, 0.29) is 0 Å². The van der Waals surface area contributed by atoms with Crippen molar-refractivity contribution in [3.8, 4) is 0 Å². The quantitative estimate of drug-likeness (QED) is 0.885. The molecule has 0 aliphatic carbocycles. The predicted molar refractivity (Wildman–Crippen MR) is 75.7 cm³/mol. The summed E-state index contributed by atoms with van der Waals surface area (Å²) in [7, 11) is 0. The van der Waals surface area contributed by atoms with E-state index in [2.05, 4.69) is 49.2 Å². The lowest BCUT2D eigenvalue weighted by atomic mass is 10.1. The average molecular weight is 246 g/mol. The summed E-state index contributed by atoms with van der Waals surface area (Å²) in [6.45, 7) is 12.8. The molecule has 0 saturated carbocycles. The van der Waals surface area contributed by atoms with Crippen molar-refractivity contribution in [2.75, 3.05) is 5.73 Å². The van der Waals surface area contributed by atoms with Crippen molar-refractivity contribution < 1.29 is 0 Å². The Kier molecular flexibility index (Phi) is 3.05. The first kappa shape index (κ1) is 12.9. The molecule has 0 aliphatic heterocycles. The van der Waals surface area contributed by atoms with E-state index in [4.69, 9.17) is 5.73 Å². The minimum atomic E-state index is 0.398. The molecule has 2 heterocycles. The molecule has 4 heteroatoms. The van der Waals surface area contributed by atoms with Crippen molar-refractivity contribution in [1.29, 1.82) is 0 Å². The molecule has 1 atom stereocenters. The molecular formula is C14H22N4. The van der Waals surface area contributed by atoms with Gasteiger partial charge in [-0.25, -0.2) is 9.97 Å². The van der Waals surface area contributed by atoms with E-state index in [1.54, 1.807) is 0 Å². The molecule has 0 aliphatic rings. The predicted octanol–water partition coefficient (Wildman–Crippen LogP) is 3.16. The van der Waals surface area contributed by atoms with Crippen molar-refractivity contribution >= 4 is 16.9 Å². The van der Waals surface area contributed by atoms with Crippen LogP contribution >= 0.6 is 0 Å². The van der Waals surface area contributed by atoms with Crippen LogP contribution < -0.4 is 5.73 Å². The summed E-state index contributed by atoms with van der Waals surface area (Å²) in [6, 6.07) is 0.398. The minimum Gasteiger partial charge on any atom is -0.383 e. The zero-order valence-electron chi connectivity index (χ0n) is 12.1. The number of nitrogens with zero attached hydrogens (tertiary/aromatic N) is 3. The van der Waals surface area contributed by atoms with Gasteiger partial charge >= 0.3 is 0 Å². The lowest BCUT2D eigenvalue weighted by Crippen LogP contribution is -2.14. The Labute approximate surface area is 108 Å². The first-order valence-corrected chi connectivity index (χ1v) is 6.45. The number of fused-ring (bicyclic) bond motifs is 1. The molecule has 2 rings (SSSR count). The number of rotatable bonds is 2. The standard InChI is InChI=1S/C14H22N4/c1-7(2)9(4)18-10(5)8(3)12-13(15)16-11(6)17-14(12)18/h7,9H,1-6H3,(H2,15,16,17). The van der Waals surface area contributed by atoms with Crippen LogP contribution in [0, 0.1) is 26.7 Å². The van der Waals surface area contributed by atoms with E-state index < -0.39 is 0 Å². The Hall–Kier alpha value is -1.58. The highest BCUT2D eigenvalue weighted by Crippen LogP contribution is 2.32. The van der Waals surface area contributed by atoms with Gasteiger partial charge in [0.05, 0.1) is 5.39 Å². The molecule has 98 valence electrons. The van der Waals surface area contributed by atoms with Gasteiger partial charge in [0.25, 0.3) is 0 Å². The summed E-state index contributed by atoms with van der Waals surface area (Å²) < 4.78 is 2.29. The van der Waals surface area contributed by atoms with Gasteiger partial charge in [0.15, 0.2) is 0 Å². The third kappa shape index (κ3) is 1.76. The molecule has 2 N–H and O–H groups in total. The number of aryl methyl sites for hydroxylation is 2. The van der Waals surface area contributed by atoms with E-state index in [0.717, 1.165) is 16.9 Å². The summed E-state index contributed by atoms with van der Waals surface area (Å²) in [5.41, 5.74) is 9.44. The number of nitrogens with two attached hydrogens (primary N) is 1. The monoisotopic (exact) mass is 246 g/mol. The third-order valence-electron chi connectivity index (χ3n) is 3.91. The van der Waals surface area contributed by atoms with Gasteiger partial charge in [0.1, 0.15) is 17.3 Å². The van der Waals surface area contributed by atoms with Crippen LogP contribution in [0.1, 0.15) is 43.9 Å². The van der Waals surface area contributed by atoms with Gasteiger partial charge in [-0.05, 0) is 39.2 Å². The topological polar surface area (TPSA) is 56.7 Å². The summed E-state index contributed by atoms with van der Waals surface area (Å²) >= 11 is 0. The zero-order valence-corrected chi connectivity index (χ0v) is 12.1. The SMILES string of the molecule is Cc1nc(N)c2c(C)c(C)n(C(C)C(C)C)c2n1. The highest BCUT2D eigenvalue weighted by molar-refractivity contribution is 5.91. The highest BCUT2D eigenvalue weighted by atomic mass is 15.1. The summed E-state index contributed by atoms with van der Waals surface area (Å²) in [5.74, 6) is 1.87. The van der Waals surface area contributed by atoms with Gasteiger partial charge < -0.3 is 10.3 Å². The van der Waals surface area contributed by atoms with Crippen LogP contribution in [-0.4, -0.2) is 14.5 Å². The largest absolute Gasteiger partial charge is 0.383 e. The van der Waals surface area contributed by atoms with Crippen LogP contribution in [0.15, 0.2) is 0 Å².